The van der Waals surface area contributed by atoms with Gasteiger partial charge in [-0.05, 0) is 44.5 Å². The summed E-state index contributed by atoms with van der Waals surface area (Å²) >= 11 is 1.56. The highest BCUT2D eigenvalue weighted by Gasteiger charge is 2.10. The molecule has 0 aliphatic rings. The Balaban J connectivity index is 1.79. The summed E-state index contributed by atoms with van der Waals surface area (Å²) in [7, 11) is 0. The molecule has 2 heterocycles. The molecule has 0 aliphatic carbocycles. The molecule has 0 aliphatic heterocycles. The molecular weight excluding hydrogens is 282 g/mol. The van der Waals surface area contributed by atoms with Crippen molar-refractivity contribution in [2.45, 2.75) is 27.3 Å². The molecule has 0 saturated heterocycles. The van der Waals surface area contributed by atoms with Crippen LogP contribution in [0.1, 0.15) is 32.3 Å². The third-order valence-electron chi connectivity index (χ3n) is 3.64. The molecule has 4 nitrogen and oxygen atoms in total. The summed E-state index contributed by atoms with van der Waals surface area (Å²) in [5.74, 6) is -0.0667. The summed E-state index contributed by atoms with van der Waals surface area (Å²) in [4.78, 5) is 19.9. The second-order valence-electron chi connectivity index (χ2n) is 5.20. The van der Waals surface area contributed by atoms with Gasteiger partial charge in [0, 0.05) is 33.2 Å². The maximum Gasteiger partial charge on any atom is 0.251 e. The Kier molecular flexibility index (Phi) is 3.51. The van der Waals surface area contributed by atoms with Crippen molar-refractivity contribution < 1.29 is 4.79 Å². The maximum atomic E-state index is 12.2. The normalized spacial score (nSPS) is 11.0. The van der Waals surface area contributed by atoms with E-state index in [1.165, 1.54) is 5.56 Å². The zero-order chi connectivity index (χ0) is 15.0. The van der Waals surface area contributed by atoms with Gasteiger partial charge in [0.15, 0.2) is 0 Å². The van der Waals surface area contributed by atoms with Crippen molar-refractivity contribution in [2.24, 2.45) is 0 Å². The fourth-order valence-electron chi connectivity index (χ4n) is 2.34. The predicted octanol–water partition coefficient (Wildman–Crippen LogP) is 3.48. The Hall–Kier alpha value is -2.14. The first-order valence-electron chi connectivity index (χ1n) is 6.82. The number of aromatic nitrogens is 2. The first-order chi connectivity index (χ1) is 10.0. The van der Waals surface area contributed by atoms with Crippen LogP contribution in [0, 0.1) is 20.8 Å². The molecule has 0 saturated carbocycles. The quantitative estimate of drug-likeness (QED) is 0.778. The van der Waals surface area contributed by atoms with E-state index in [0.29, 0.717) is 12.1 Å². The van der Waals surface area contributed by atoms with Gasteiger partial charge in [-0.1, -0.05) is 0 Å². The molecule has 108 valence electrons. The number of carbonyl (C=O) groups is 1. The lowest BCUT2D eigenvalue weighted by Crippen LogP contribution is -2.22. The van der Waals surface area contributed by atoms with Crippen molar-refractivity contribution in [3.63, 3.8) is 0 Å². The maximum absolute atomic E-state index is 12.2. The summed E-state index contributed by atoms with van der Waals surface area (Å²) in [5.41, 5.74) is 5.06. The Bertz CT molecular complexity index is 816. The monoisotopic (exact) mass is 299 g/mol. The third-order valence-corrected chi connectivity index (χ3v) is 4.60. The number of benzene rings is 1. The number of nitrogens with one attached hydrogen (secondary N) is 2. The van der Waals surface area contributed by atoms with E-state index in [2.05, 4.69) is 22.2 Å². The summed E-state index contributed by atoms with van der Waals surface area (Å²) in [5, 5.41) is 6.93. The Labute approximate surface area is 127 Å². The van der Waals surface area contributed by atoms with Gasteiger partial charge in [0.25, 0.3) is 5.91 Å². The van der Waals surface area contributed by atoms with Crippen LogP contribution in [-0.4, -0.2) is 15.9 Å². The molecule has 0 bridgehead atoms. The highest BCUT2D eigenvalue weighted by atomic mass is 32.1. The number of fused-ring (bicyclic) bond motifs is 1. The molecule has 21 heavy (non-hydrogen) atoms. The van der Waals surface area contributed by atoms with E-state index in [1.807, 2.05) is 37.4 Å². The van der Waals surface area contributed by atoms with E-state index in [1.54, 1.807) is 11.3 Å². The standard InChI is InChI=1S/C16H17N3OS/c1-9-8-21-15(18-9)7-17-16(20)12-4-5-14-13(6-12)10(2)11(3)19-14/h4-6,8,19H,7H2,1-3H3,(H,17,20). The van der Waals surface area contributed by atoms with Gasteiger partial charge in [-0.15, -0.1) is 11.3 Å². The van der Waals surface area contributed by atoms with E-state index >= 15 is 0 Å². The second kappa shape index (κ2) is 5.33. The van der Waals surface area contributed by atoms with Gasteiger partial charge in [-0.3, -0.25) is 4.79 Å². The average Bonchev–Trinajstić information content (AvgIpc) is 3.01. The van der Waals surface area contributed by atoms with Gasteiger partial charge < -0.3 is 10.3 Å². The number of H-pyrrole nitrogens is 1. The topological polar surface area (TPSA) is 57.8 Å². The smallest absolute Gasteiger partial charge is 0.251 e. The SMILES string of the molecule is Cc1csc(CNC(=O)c2ccc3[nH]c(C)c(C)c3c2)n1. The van der Waals surface area contributed by atoms with E-state index in [-0.39, 0.29) is 5.91 Å². The van der Waals surface area contributed by atoms with Crippen LogP contribution in [0.25, 0.3) is 10.9 Å². The number of hydrogen-bond donors (Lipinski definition) is 2. The van der Waals surface area contributed by atoms with Gasteiger partial charge in [0.1, 0.15) is 5.01 Å². The lowest BCUT2D eigenvalue weighted by Gasteiger charge is -2.04. The van der Waals surface area contributed by atoms with Crippen LogP contribution < -0.4 is 5.32 Å². The Morgan fingerprint density at radius 2 is 2.14 bits per heavy atom. The van der Waals surface area contributed by atoms with Gasteiger partial charge >= 0.3 is 0 Å². The Morgan fingerprint density at radius 1 is 1.33 bits per heavy atom. The molecule has 2 N–H and O–H groups in total. The Morgan fingerprint density at radius 3 is 2.86 bits per heavy atom. The zero-order valence-electron chi connectivity index (χ0n) is 12.3. The lowest BCUT2D eigenvalue weighted by molar-refractivity contribution is 0.0951. The largest absolute Gasteiger partial charge is 0.358 e. The van der Waals surface area contributed by atoms with Gasteiger partial charge in [0.2, 0.25) is 0 Å². The molecule has 3 aromatic rings. The summed E-state index contributed by atoms with van der Waals surface area (Å²) < 4.78 is 0. The molecule has 0 fully saturated rings. The van der Waals surface area contributed by atoms with Crippen molar-refractivity contribution >= 4 is 28.1 Å². The highest BCUT2D eigenvalue weighted by molar-refractivity contribution is 7.09. The van der Waals surface area contributed by atoms with Gasteiger partial charge in [-0.25, -0.2) is 4.98 Å². The molecule has 0 unspecified atom stereocenters. The fourth-order valence-corrected chi connectivity index (χ4v) is 3.06. The average molecular weight is 299 g/mol. The highest BCUT2D eigenvalue weighted by Crippen LogP contribution is 2.22. The minimum Gasteiger partial charge on any atom is -0.358 e. The van der Waals surface area contributed by atoms with Crippen molar-refractivity contribution in [1.29, 1.82) is 0 Å². The van der Waals surface area contributed by atoms with Crippen molar-refractivity contribution in [2.75, 3.05) is 0 Å². The third kappa shape index (κ3) is 2.69. The zero-order valence-corrected chi connectivity index (χ0v) is 13.1. The summed E-state index contributed by atoms with van der Waals surface area (Å²) in [6.07, 6.45) is 0. The number of aromatic amines is 1. The molecular formula is C16H17N3OS. The first kappa shape index (κ1) is 13.8. The minimum atomic E-state index is -0.0667. The number of hydrogen-bond acceptors (Lipinski definition) is 3. The molecule has 1 amide bonds. The number of thiazole rings is 1. The summed E-state index contributed by atoms with van der Waals surface area (Å²) in [6.45, 7) is 6.53. The molecule has 0 radical (unpaired) electrons. The molecule has 5 heteroatoms. The van der Waals surface area contributed by atoms with Crippen LogP contribution in [0.2, 0.25) is 0 Å². The van der Waals surface area contributed by atoms with Gasteiger partial charge in [0.05, 0.1) is 6.54 Å². The fraction of sp³-hybridized carbons (Fsp3) is 0.250. The van der Waals surface area contributed by atoms with E-state index in [9.17, 15) is 4.79 Å². The van der Waals surface area contributed by atoms with Crippen molar-refractivity contribution in [3.05, 3.63) is 51.1 Å². The van der Waals surface area contributed by atoms with E-state index in [4.69, 9.17) is 0 Å². The van der Waals surface area contributed by atoms with Crippen LogP contribution in [0.15, 0.2) is 23.6 Å². The number of nitrogens with zero attached hydrogens (tertiary/aromatic N) is 1. The number of carbonyl (C=O) groups excluding carboxylic acids is 1. The van der Waals surface area contributed by atoms with Crippen LogP contribution in [0.5, 0.6) is 0 Å². The van der Waals surface area contributed by atoms with E-state index < -0.39 is 0 Å². The van der Waals surface area contributed by atoms with Crippen LogP contribution in [-0.2, 0) is 6.54 Å². The van der Waals surface area contributed by atoms with E-state index in [0.717, 1.165) is 27.3 Å². The van der Waals surface area contributed by atoms with Gasteiger partial charge in [-0.2, -0.15) is 0 Å². The van der Waals surface area contributed by atoms with Crippen LogP contribution in [0.3, 0.4) is 0 Å². The van der Waals surface area contributed by atoms with Crippen molar-refractivity contribution in [1.82, 2.24) is 15.3 Å². The number of amides is 1. The number of rotatable bonds is 3. The predicted molar refractivity (Wildman–Crippen MR) is 85.8 cm³/mol. The molecule has 0 spiro atoms. The lowest BCUT2D eigenvalue weighted by atomic mass is 10.1. The number of aryl methyl sites for hydroxylation is 3. The second-order valence-corrected chi connectivity index (χ2v) is 6.14. The molecule has 3 rings (SSSR count). The van der Waals surface area contributed by atoms with Crippen molar-refractivity contribution in [3.8, 4) is 0 Å². The first-order valence-corrected chi connectivity index (χ1v) is 7.70. The summed E-state index contributed by atoms with van der Waals surface area (Å²) in [6, 6.07) is 5.74. The van der Waals surface area contributed by atoms with Crippen LogP contribution in [0.4, 0.5) is 0 Å². The van der Waals surface area contributed by atoms with Crippen LogP contribution >= 0.6 is 11.3 Å². The molecule has 0 atom stereocenters. The molecule has 1 aromatic carbocycles. The molecule has 2 aromatic heterocycles. The minimum absolute atomic E-state index is 0.0667.